The highest BCUT2D eigenvalue weighted by atomic mass is 32.1. The number of benzene rings is 2. The minimum atomic E-state index is -0.136. The van der Waals surface area contributed by atoms with Crippen molar-refractivity contribution in [2.75, 3.05) is 11.9 Å². The van der Waals surface area contributed by atoms with E-state index in [2.05, 4.69) is 22.0 Å². The van der Waals surface area contributed by atoms with Crippen LogP contribution in [-0.2, 0) is 4.79 Å². The second-order valence-corrected chi connectivity index (χ2v) is 7.78. The van der Waals surface area contributed by atoms with Gasteiger partial charge in [0.1, 0.15) is 18.2 Å². The van der Waals surface area contributed by atoms with E-state index in [1.165, 1.54) is 0 Å². The Labute approximate surface area is 171 Å². The molecular weight excluding hydrogens is 384 g/mol. The van der Waals surface area contributed by atoms with Crippen molar-refractivity contribution in [3.8, 4) is 10.9 Å². The average molecular weight is 402 g/mol. The molecule has 1 amide bonds. The van der Waals surface area contributed by atoms with Gasteiger partial charge in [0.15, 0.2) is 0 Å². The van der Waals surface area contributed by atoms with E-state index in [1.807, 2.05) is 54.7 Å². The first-order chi connectivity index (χ1) is 14.2. The number of hydrogen-bond acceptors (Lipinski definition) is 5. The predicted molar refractivity (Wildman–Crippen MR) is 114 cm³/mol. The first-order valence-corrected chi connectivity index (χ1v) is 10.1. The summed E-state index contributed by atoms with van der Waals surface area (Å²) in [4.78, 5) is 17.2. The maximum Gasteiger partial charge on any atom is 0.226 e. The number of aromatic nitrogens is 3. The molecule has 7 heteroatoms. The summed E-state index contributed by atoms with van der Waals surface area (Å²) >= 11 is 1.54. The standard InChI is InChI=1S/C22H18N4O2S/c1-2-11-28-18-9-5-3-7-14(18)15-12-20(27)25-21-16(15)13-23-26(21)22-24-17-8-4-6-10-19(17)29-22/h2-10,13,15H,1,11-12H2,(H,25,27). The minimum absolute atomic E-state index is 0.0520. The molecule has 0 spiro atoms. The molecule has 1 aliphatic heterocycles. The molecule has 0 bridgehead atoms. The van der Waals surface area contributed by atoms with Crippen molar-refractivity contribution < 1.29 is 9.53 Å². The van der Waals surface area contributed by atoms with Gasteiger partial charge in [-0.1, -0.05) is 54.3 Å². The maximum absolute atomic E-state index is 12.6. The Bertz CT molecular complexity index is 1190. The fraction of sp³-hybridized carbons (Fsp3) is 0.136. The van der Waals surface area contributed by atoms with Crippen molar-refractivity contribution in [3.05, 3.63) is 78.5 Å². The lowest BCUT2D eigenvalue weighted by Crippen LogP contribution is -2.24. The number of ether oxygens (including phenoxy) is 1. The lowest BCUT2D eigenvalue weighted by Gasteiger charge is -2.25. The minimum Gasteiger partial charge on any atom is -0.489 e. The number of carbonyl (C=O) groups is 1. The molecule has 0 aliphatic carbocycles. The van der Waals surface area contributed by atoms with E-state index in [0.29, 0.717) is 18.8 Å². The van der Waals surface area contributed by atoms with E-state index in [0.717, 1.165) is 32.2 Å². The second-order valence-electron chi connectivity index (χ2n) is 6.77. The van der Waals surface area contributed by atoms with Gasteiger partial charge < -0.3 is 10.1 Å². The molecule has 0 saturated carbocycles. The molecule has 1 atom stereocenters. The Morgan fingerprint density at radius 1 is 1.21 bits per heavy atom. The molecule has 5 rings (SSSR count). The van der Waals surface area contributed by atoms with Gasteiger partial charge in [0.2, 0.25) is 11.0 Å². The number of nitrogens with zero attached hydrogens (tertiary/aromatic N) is 3. The maximum atomic E-state index is 12.6. The van der Waals surface area contributed by atoms with Crippen LogP contribution in [0.5, 0.6) is 5.75 Å². The van der Waals surface area contributed by atoms with Gasteiger partial charge in [0.25, 0.3) is 0 Å². The number of thiazole rings is 1. The number of nitrogens with one attached hydrogen (secondary N) is 1. The monoisotopic (exact) mass is 402 g/mol. The van der Waals surface area contributed by atoms with Gasteiger partial charge in [0.05, 0.1) is 16.4 Å². The summed E-state index contributed by atoms with van der Waals surface area (Å²) in [5.41, 5.74) is 2.84. The van der Waals surface area contributed by atoms with Crippen LogP contribution in [0.15, 0.2) is 67.4 Å². The van der Waals surface area contributed by atoms with Crippen molar-refractivity contribution in [3.63, 3.8) is 0 Å². The normalized spacial score (nSPS) is 15.7. The highest BCUT2D eigenvalue weighted by Gasteiger charge is 2.32. The zero-order valence-electron chi connectivity index (χ0n) is 15.5. The number of anilines is 1. The third-order valence-electron chi connectivity index (χ3n) is 4.94. The Morgan fingerprint density at radius 3 is 2.90 bits per heavy atom. The summed E-state index contributed by atoms with van der Waals surface area (Å²) in [5, 5.41) is 8.27. The fourth-order valence-electron chi connectivity index (χ4n) is 3.64. The van der Waals surface area contributed by atoms with Gasteiger partial charge in [-0.2, -0.15) is 9.78 Å². The van der Waals surface area contributed by atoms with Gasteiger partial charge >= 0.3 is 0 Å². The molecule has 3 heterocycles. The number of hydrogen-bond donors (Lipinski definition) is 1. The summed E-state index contributed by atoms with van der Waals surface area (Å²) < 4.78 is 8.63. The third kappa shape index (κ3) is 3.09. The highest BCUT2D eigenvalue weighted by Crippen LogP contribution is 2.41. The summed E-state index contributed by atoms with van der Waals surface area (Å²) in [7, 11) is 0. The van der Waals surface area contributed by atoms with E-state index in [-0.39, 0.29) is 11.8 Å². The van der Waals surface area contributed by atoms with Crippen molar-refractivity contribution >= 4 is 33.3 Å². The van der Waals surface area contributed by atoms with E-state index in [1.54, 1.807) is 22.1 Å². The first kappa shape index (κ1) is 17.6. The Kier molecular flexibility index (Phi) is 4.37. The largest absolute Gasteiger partial charge is 0.489 e. The van der Waals surface area contributed by atoms with Crippen molar-refractivity contribution in [1.29, 1.82) is 0 Å². The van der Waals surface area contributed by atoms with Crippen LogP contribution in [0.1, 0.15) is 23.5 Å². The smallest absolute Gasteiger partial charge is 0.226 e. The van der Waals surface area contributed by atoms with Crippen LogP contribution < -0.4 is 10.1 Å². The third-order valence-corrected chi connectivity index (χ3v) is 5.95. The van der Waals surface area contributed by atoms with Gasteiger partial charge in [-0.15, -0.1) is 0 Å². The van der Waals surface area contributed by atoms with Crippen LogP contribution >= 0.6 is 11.3 Å². The van der Waals surface area contributed by atoms with Crippen LogP contribution in [0.4, 0.5) is 5.82 Å². The zero-order chi connectivity index (χ0) is 19.8. The van der Waals surface area contributed by atoms with Crippen LogP contribution in [-0.4, -0.2) is 27.3 Å². The Balaban J connectivity index is 1.60. The SMILES string of the molecule is C=CCOc1ccccc1C1CC(=O)Nc2c1cnn2-c1nc2ccccc2s1. The molecule has 0 saturated heterocycles. The molecule has 0 fully saturated rings. The number of carbonyl (C=O) groups excluding carboxylic acids is 1. The number of fused-ring (bicyclic) bond motifs is 2. The zero-order valence-corrected chi connectivity index (χ0v) is 16.4. The fourth-order valence-corrected chi connectivity index (χ4v) is 4.57. The molecular formula is C22H18N4O2S. The Hall–Kier alpha value is -3.45. The summed E-state index contributed by atoms with van der Waals surface area (Å²) in [5.74, 6) is 1.24. The molecule has 2 aromatic heterocycles. The molecule has 1 aliphatic rings. The summed E-state index contributed by atoms with van der Waals surface area (Å²) in [6, 6.07) is 15.8. The number of para-hydroxylation sites is 2. The number of rotatable bonds is 5. The molecule has 29 heavy (non-hydrogen) atoms. The van der Waals surface area contributed by atoms with Gasteiger partial charge in [-0.05, 0) is 18.2 Å². The lowest BCUT2D eigenvalue weighted by atomic mass is 9.87. The molecule has 0 radical (unpaired) electrons. The van der Waals surface area contributed by atoms with Gasteiger partial charge in [0, 0.05) is 23.5 Å². The van der Waals surface area contributed by atoms with E-state index in [4.69, 9.17) is 4.74 Å². The predicted octanol–water partition coefficient (Wildman–Crippen LogP) is 4.52. The molecule has 4 aromatic rings. The molecule has 144 valence electrons. The Morgan fingerprint density at radius 2 is 2.03 bits per heavy atom. The lowest BCUT2D eigenvalue weighted by molar-refractivity contribution is -0.116. The van der Waals surface area contributed by atoms with Gasteiger partial charge in [-0.3, -0.25) is 4.79 Å². The van der Waals surface area contributed by atoms with Crippen molar-refractivity contribution in [2.24, 2.45) is 0 Å². The molecule has 1 N–H and O–H groups in total. The first-order valence-electron chi connectivity index (χ1n) is 9.31. The van der Waals surface area contributed by atoms with E-state index >= 15 is 0 Å². The highest BCUT2D eigenvalue weighted by molar-refractivity contribution is 7.20. The number of amides is 1. The molecule has 6 nitrogen and oxygen atoms in total. The summed E-state index contributed by atoms with van der Waals surface area (Å²) in [6.45, 7) is 4.12. The average Bonchev–Trinajstić information content (AvgIpc) is 3.35. The second kappa shape index (κ2) is 7.18. The van der Waals surface area contributed by atoms with Crippen molar-refractivity contribution in [1.82, 2.24) is 14.8 Å². The van der Waals surface area contributed by atoms with Gasteiger partial charge in [-0.25, -0.2) is 4.98 Å². The molecule has 2 aromatic carbocycles. The quantitative estimate of drug-likeness (QED) is 0.498. The van der Waals surface area contributed by atoms with Crippen molar-refractivity contribution in [2.45, 2.75) is 12.3 Å². The topological polar surface area (TPSA) is 69.0 Å². The summed E-state index contributed by atoms with van der Waals surface area (Å²) in [6.07, 6.45) is 3.86. The van der Waals surface area contributed by atoms with E-state index < -0.39 is 0 Å². The molecule has 1 unspecified atom stereocenters. The van der Waals surface area contributed by atoms with Crippen LogP contribution in [0.2, 0.25) is 0 Å². The van der Waals surface area contributed by atoms with E-state index in [9.17, 15) is 4.79 Å². The van der Waals surface area contributed by atoms with Crippen LogP contribution in [0.25, 0.3) is 15.3 Å². The van der Waals surface area contributed by atoms with Crippen LogP contribution in [0, 0.1) is 0 Å². The van der Waals surface area contributed by atoms with Crippen LogP contribution in [0.3, 0.4) is 0 Å².